The first kappa shape index (κ1) is 22.1. The summed E-state index contributed by atoms with van der Waals surface area (Å²) in [5.41, 5.74) is 0.443. The normalized spacial score (nSPS) is 13.3. The van der Waals surface area contributed by atoms with Crippen LogP contribution in [0.1, 0.15) is 33.6 Å². The molecule has 2 amide bonds. The molecular weight excluding hydrogens is 422 g/mol. The number of nitrogens with zero attached hydrogens (tertiary/aromatic N) is 2. The summed E-state index contributed by atoms with van der Waals surface area (Å²) < 4.78 is 5.63. The van der Waals surface area contributed by atoms with Crippen LogP contribution in [0.15, 0.2) is 42.7 Å². The molecule has 2 heterocycles. The molecule has 1 aliphatic rings. The molecule has 31 heavy (non-hydrogen) atoms. The predicted molar refractivity (Wildman–Crippen MR) is 116 cm³/mol. The van der Waals surface area contributed by atoms with Gasteiger partial charge >= 0.3 is 0 Å². The molecule has 2 aromatic rings. The number of rotatable bonds is 6. The Balaban J connectivity index is 1.75. The molecule has 0 radical (unpaired) electrons. The number of carbonyl (C=O) groups excluding carboxylic acids is 2. The second-order valence-electron chi connectivity index (χ2n) is 6.82. The van der Waals surface area contributed by atoms with Gasteiger partial charge in [0.2, 0.25) is 5.88 Å². The van der Waals surface area contributed by atoms with E-state index < -0.39 is 5.91 Å². The molecule has 0 atom stereocenters. The molecule has 0 unspecified atom stereocenters. The second kappa shape index (κ2) is 9.94. The van der Waals surface area contributed by atoms with Gasteiger partial charge in [-0.05, 0) is 43.3 Å². The molecule has 1 aromatic heterocycles. The van der Waals surface area contributed by atoms with Crippen LogP contribution in [0.2, 0.25) is 5.02 Å². The molecule has 9 nitrogen and oxygen atoms in total. The minimum Gasteiger partial charge on any atom is -0.508 e. The van der Waals surface area contributed by atoms with E-state index in [9.17, 15) is 14.7 Å². The fourth-order valence-corrected chi connectivity index (χ4v) is 3.21. The topological polar surface area (TPSA) is 128 Å². The number of carbonyl (C=O) groups is 2. The zero-order valence-electron chi connectivity index (χ0n) is 16.8. The number of amidine groups is 1. The number of ether oxygens (including phenoxy) is 1. The van der Waals surface area contributed by atoms with Crippen LogP contribution in [0.5, 0.6) is 17.4 Å². The Hall–Kier alpha value is -3.59. The van der Waals surface area contributed by atoms with E-state index in [0.717, 1.165) is 12.8 Å². The molecule has 0 spiro atoms. The van der Waals surface area contributed by atoms with Crippen molar-refractivity contribution in [1.29, 1.82) is 5.41 Å². The van der Waals surface area contributed by atoms with Crippen molar-refractivity contribution in [2.24, 2.45) is 0 Å². The SMILES string of the molecule is CN/C=C\C(=N)NC(=O)c1cc(O)cc(Oc2ncc(C(=O)N3CCCC3)cc2Cl)c1. The number of benzene rings is 1. The van der Waals surface area contributed by atoms with Gasteiger partial charge in [-0.3, -0.25) is 15.0 Å². The molecule has 0 bridgehead atoms. The highest BCUT2D eigenvalue weighted by Crippen LogP contribution is 2.31. The molecule has 1 aliphatic heterocycles. The molecule has 1 saturated heterocycles. The molecule has 162 valence electrons. The third kappa shape index (κ3) is 5.73. The monoisotopic (exact) mass is 443 g/mol. The van der Waals surface area contributed by atoms with Crippen LogP contribution >= 0.6 is 11.6 Å². The van der Waals surface area contributed by atoms with Gasteiger partial charge in [-0.2, -0.15) is 0 Å². The number of likely N-dealkylation sites (tertiary alicyclic amines) is 1. The molecule has 4 N–H and O–H groups in total. The minimum absolute atomic E-state index is 0.0290. The maximum atomic E-state index is 12.5. The third-order valence-corrected chi connectivity index (χ3v) is 4.75. The Labute approximate surface area is 184 Å². The summed E-state index contributed by atoms with van der Waals surface area (Å²) in [5, 5.41) is 22.9. The van der Waals surface area contributed by atoms with E-state index in [-0.39, 0.29) is 39.7 Å². The maximum absolute atomic E-state index is 12.5. The first-order chi connectivity index (χ1) is 14.9. The van der Waals surface area contributed by atoms with Crippen LogP contribution in [0.25, 0.3) is 0 Å². The Morgan fingerprint density at radius 1 is 1.23 bits per heavy atom. The van der Waals surface area contributed by atoms with Gasteiger partial charge in [-0.25, -0.2) is 4.98 Å². The minimum atomic E-state index is -0.600. The van der Waals surface area contributed by atoms with Gasteiger partial charge in [-0.1, -0.05) is 11.6 Å². The van der Waals surface area contributed by atoms with Gasteiger partial charge in [-0.15, -0.1) is 0 Å². The number of hydrogen-bond acceptors (Lipinski definition) is 7. The number of aromatic hydroxyl groups is 1. The smallest absolute Gasteiger partial charge is 0.257 e. The average Bonchev–Trinajstić information content (AvgIpc) is 3.27. The zero-order valence-corrected chi connectivity index (χ0v) is 17.6. The highest BCUT2D eigenvalue weighted by atomic mass is 35.5. The van der Waals surface area contributed by atoms with E-state index in [2.05, 4.69) is 15.6 Å². The number of nitrogens with one attached hydrogen (secondary N) is 3. The zero-order chi connectivity index (χ0) is 22.4. The lowest BCUT2D eigenvalue weighted by Gasteiger charge is -2.15. The molecule has 1 fully saturated rings. The number of amides is 2. The fraction of sp³-hybridized carbons (Fsp3) is 0.238. The summed E-state index contributed by atoms with van der Waals surface area (Å²) in [4.78, 5) is 30.7. The van der Waals surface area contributed by atoms with Crippen molar-refractivity contribution in [1.82, 2.24) is 20.5 Å². The molecule has 0 aliphatic carbocycles. The lowest BCUT2D eigenvalue weighted by atomic mass is 10.2. The van der Waals surface area contributed by atoms with E-state index in [1.807, 2.05) is 0 Å². The number of pyridine rings is 1. The highest BCUT2D eigenvalue weighted by Gasteiger charge is 2.21. The van der Waals surface area contributed by atoms with Crippen LogP contribution in [0.4, 0.5) is 0 Å². The van der Waals surface area contributed by atoms with Crippen LogP contribution in [0, 0.1) is 5.41 Å². The van der Waals surface area contributed by atoms with Crippen molar-refractivity contribution < 1.29 is 19.4 Å². The summed E-state index contributed by atoms with van der Waals surface area (Å²) in [7, 11) is 1.67. The fourth-order valence-electron chi connectivity index (χ4n) is 3.01. The second-order valence-corrected chi connectivity index (χ2v) is 7.22. The van der Waals surface area contributed by atoms with Crippen LogP contribution in [-0.4, -0.2) is 52.8 Å². The van der Waals surface area contributed by atoms with Crippen molar-refractivity contribution in [3.8, 4) is 17.4 Å². The number of phenolic OH excluding ortho intramolecular Hbond substituents is 1. The standard InChI is InChI=1S/C21H22ClN5O4/c1-24-5-4-18(23)26-19(29)13-8-15(28)11-16(9-13)31-20-17(22)10-14(12-25-20)21(30)27-6-2-3-7-27/h4-5,8-12,24,28H,2-3,6-7H2,1H3,(H2,23,26,29)/b5-4-. The van der Waals surface area contributed by atoms with Crippen molar-refractivity contribution in [2.75, 3.05) is 20.1 Å². The van der Waals surface area contributed by atoms with E-state index in [1.54, 1.807) is 11.9 Å². The third-order valence-electron chi connectivity index (χ3n) is 4.48. The molecule has 10 heteroatoms. The molecule has 0 saturated carbocycles. The summed E-state index contributed by atoms with van der Waals surface area (Å²) >= 11 is 6.25. The number of phenols is 1. The van der Waals surface area contributed by atoms with Crippen LogP contribution in [-0.2, 0) is 0 Å². The highest BCUT2D eigenvalue weighted by molar-refractivity contribution is 6.32. The van der Waals surface area contributed by atoms with Crippen molar-refractivity contribution in [2.45, 2.75) is 12.8 Å². The largest absolute Gasteiger partial charge is 0.508 e. The van der Waals surface area contributed by atoms with Gasteiger partial charge < -0.3 is 25.4 Å². The Morgan fingerprint density at radius 2 is 1.97 bits per heavy atom. The first-order valence-corrected chi connectivity index (χ1v) is 9.95. The lowest BCUT2D eigenvalue weighted by Crippen LogP contribution is -2.28. The summed E-state index contributed by atoms with van der Waals surface area (Å²) in [6.45, 7) is 1.43. The van der Waals surface area contributed by atoms with Crippen molar-refractivity contribution >= 4 is 29.3 Å². The summed E-state index contributed by atoms with van der Waals surface area (Å²) in [5.74, 6) is -0.927. The molecular formula is C21H22ClN5O4. The van der Waals surface area contributed by atoms with Gasteiger partial charge in [0, 0.05) is 38.0 Å². The Kier molecular flexibility index (Phi) is 7.09. The number of halogens is 1. The van der Waals surface area contributed by atoms with E-state index in [4.69, 9.17) is 21.7 Å². The summed E-state index contributed by atoms with van der Waals surface area (Å²) in [6, 6.07) is 5.40. The Morgan fingerprint density at radius 3 is 2.65 bits per heavy atom. The van der Waals surface area contributed by atoms with Crippen LogP contribution < -0.4 is 15.4 Å². The maximum Gasteiger partial charge on any atom is 0.257 e. The molecule has 1 aromatic carbocycles. The van der Waals surface area contributed by atoms with Gasteiger partial charge in [0.15, 0.2) is 0 Å². The van der Waals surface area contributed by atoms with E-state index in [1.165, 1.54) is 42.7 Å². The van der Waals surface area contributed by atoms with Crippen molar-refractivity contribution in [3.05, 3.63) is 58.9 Å². The van der Waals surface area contributed by atoms with E-state index >= 15 is 0 Å². The number of hydrogen-bond donors (Lipinski definition) is 4. The lowest BCUT2D eigenvalue weighted by molar-refractivity contribution is 0.0792. The van der Waals surface area contributed by atoms with Gasteiger partial charge in [0.25, 0.3) is 11.8 Å². The summed E-state index contributed by atoms with van der Waals surface area (Å²) in [6.07, 6.45) is 6.20. The number of aromatic nitrogens is 1. The van der Waals surface area contributed by atoms with Gasteiger partial charge in [0.05, 0.1) is 5.56 Å². The first-order valence-electron chi connectivity index (χ1n) is 9.58. The van der Waals surface area contributed by atoms with Crippen LogP contribution in [0.3, 0.4) is 0 Å². The van der Waals surface area contributed by atoms with Gasteiger partial charge in [0.1, 0.15) is 22.4 Å². The Bertz CT molecular complexity index is 1030. The predicted octanol–water partition coefficient (Wildman–Crippen LogP) is 2.91. The molecule has 3 rings (SSSR count). The van der Waals surface area contributed by atoms with E-state index in [0.29, 0.717) is 18.7 Å². The quantitative estimate of drug-likeness (QED) is 0.401. The average molecular weight is 444 g/mol. The van der Waals surface area contributed by atoms with Crippen molar-refractivity contribution in [3.63, 3.8) is 0 Å².